The number of phenols is 2. The van der Waals surface area contributed by atoms with Crippen molar-refractivity contribution in [3.05, 3.63) is 58.1 Å². The molecule has 0 bridgehead atoms. The molecular weight excluding hydrogens is 334 g/mol. The van der Waals surface area contributed by atoms with Gasteiger partial charge in [0.25, 0.3) is 0 Å². The highest BCUT2D eigenvalue weighted by molar-refractivity contribution is 6.31. The van der Waals surface area contributed by atoms with Crippen molar-refractivity contribution in [1.82, 2.24) is 0 Å². The van der Waals surface area contributed by atoms with Crippen LogP contribution in [-0.4, -0.2) is 32.7 Å². The van der Waals surface area contributed by atoms with Crippen LogP contribution in [0.25, 0.3) is 0 Å². The van der Waals surface area contributed by atoms with E-state index in [9.17, 15) is 25.0 Å². The molecule has 2 aromatic carbocycles. The molecule has 6 nitrogen and oxygen atoms in total. The monoisotopic (exact) mass is 353 g/mol. The fraction of sp³-hybridized carbons (Fsp3) is 0.250. The molecule has 3 rings (SSSR count). The molecule has 1 aliphatic carbocycles. The van der Waals surface area contributed by atoms with Crippen LogP contribution in [0.4, 0.5) is 0 Å². The Morgan fingerprint density at radius 1 is 1.00 bits per heavy atom. The molecule has 0 amide bonds. The average Bonchev–Trinajstić information content (AvgIpc) is 2.65. The van der Waals surface area contributed by atoms with Gasteiger partial charge in [0.15, 0.2) is 11.6 Å². The van der Waals surface area contributed by atoms with Crippen molar-refractivity contribution in [3.8, 4) is 11.5 Å². The lowest BCUT2D eigenvalue weighted by atomic mass is 9.81. The number of oxime groups is 1. The standard InChI is InChI=1S/C20H19NO5/c1-2-3-4-9-14(21-26)13-10-15(22)16-17(20(13)25)19(24)12-8-6-5-7-11(12)18(16)23/h5-8,10,22,25-26H,2-4,9H2,1H3/b21-14+. The number of rotatable bonds is 5. The lowest BCUT2D eigenvalue weighted by Crippen LogP contribution is -2.22. The molecule has 26 heavy (non-hydrogen) atoms. The van der Waals surface area contributed by atoms with Crippen molar-refractivity contribution in [2.75, 3.05) is 0 Å². The predicted molar refractivity (Wildman–Crippen MR) is 95.5 cm³/mol. The summed E-state index contributed by atoms with van der Waals surface area (Å²) < 4.78 is 0. The first-order valence-corrected chi connectivity index (χ1v) is 8.49. The maximum Gasteiger partial charge on any atom is 0.198 e. The zero-order valence-corrected chi connectivity index (χ0v) is 14.3. The Labute approximate surface area is 150 Å². The number of hydrogen-bond acceptors (Lipinski definition) is 6. The Morgan fingerprint density at radius 3 is 2.19 bits per heavy atom. The third-order valence-corrected chi connectivity index (χ3v) is 4.60. The SMILES string of the molecule is CCCCC/C(=N\O)c1cc(O)c2c(c1O)C(=O)c1ccccc1C2=O. The van der Waals surface area contributed by atoms with E-state index in [2.05, 4.69) is 5.16 Å². The highest BCUT2D eigenvalue weighted by Gasteiger charge is 2.36. The Morgan fingerprint density at radius 2 is 1.62 bits per heavy atom. The molecule has 0 aromatic heterocycles. The normalized spacial score (nSPS) is 13.5. The van der Waals surface area contributed by atoms with Gasteiger partial charge in [-0.25, -0.2) is 0 Å². The summed E-state index contributed by atoms with van der Waals surface area (Å²) in [5.41, 5.74) is 0.103. The van der Waals surface area contributed by atoms with Gasteiger partial charge in [0.1, 0.15) is 11.5 Å². The first-order valence-electron chi connectivity index (χ1n) is 8.49. The van der Waals surface area contributed by atoms with Gasteiger partial charge in [-0.1, -0.05) is 49.2 Å². The number of aromatic hydroxyl groups is 2. The molecule has 0 spiro atoms. The quantitative estimate of drug-likeness (QED) is 0.213. The molecule has 134 valence electrons. The predicted octanol–water partition coefficient (Wildman–Crippen LogP) is 3.63. The van der Waals surface area contributed by atoms with Crippen molar-refractivity contribution in [2.24, 2.45) is 5.16 Å². The minimum Gasteiger partial charge on any atom is -0.507 e. The van der Waals surface area contributed by atoms with E-state index in [0.29, 0.717) is 6.42 Å². The fourth-order valence-electron chi connectivity index (χ4n) is 3.26. The largest absolute Gasteiger partial charge is 0.507 e. The second-order valence-electron chi connectivity index (χ2n) is 6.25. The van der Waals surface area contributed by atoms with Crippen LogP contribution < -0.4 is 0 Å². The molecule has 0 radical (unpaired) electrons. The van der Waals surface area contributed by atoms with Gasteiger partial charge in [-0.3, -0.25) is 9.59 Å². The van der Waals surface area contributed by atoms with Crippen molar-refractivity contribution >= 4 is 17.3 Å². The number of fused-ring (bicyclic) bond motifs is 2. The topological polar surface area (TPSA) is 107 Å². The molecule has 1 aliphatic rings. The van der Waals surface area contributed by atoms with Gasteiger partial charge in [0.2, 0.25) is 0 Å². The van der Waals surface area contributed by atoms with Crippen LogP contribution in [-0.2, 0) is 0 Å². The van der Waals surface area contributed by atoms with Crippen LogP contribution in [0.2, 0.25) is 0 Å². The van der Waals surface area contributed by atoms with E-state index in [-0.39, 0.29) is 33.5 Å². The number of unbranched alkanes of at least 4 members (excludes halogenated alkanes) is 2. The van der Waals surface area contributed by atoms with E-state index >= 15 is 0 Å². The molecule has 6 heteroatoms. The highest BCUT2D eigenvalue weighted by Crippen LogP contribution is 2.40. The van der Waals surface area contributed by atoms with Crippen LogP contribution in [0, 0.1) is 0 Å². The summed E-state index contributed by atoms with van der Waals surface area (Å²) in [6.07, 6.45) is 2.96. The fourth-order valence-corrected chi connectivity index (χ4v) is 3.26. The summed E-state index contributed by atoms with van der Waals surface area (Å²) in [7, 11) is 0. The molecule has 0 saturated carbocycles. The number of phenolic OH excluding ortho intramolecular Hbond substituents is 2. The van der Waals surface area contributed by atoms with Gasteiger partial charge in [-0.15, -0.1) is 0 Å². The Bertz CT molecular complexity index is 930. The second kappa shape index (κ2) is 7.00. The third kappa shape index (κ3) is 2.73. The molecule has 0 unspecified atom stereocenters. The maximum atomic E-state index is 12.8. The summed E-state index contributed by atoms with van der Waals surface area (Å²) in [6, 6.07) is 7.44. The highest BCUT2D eigenvalue weighted by atomic mass is 16.4. The van der Waals surface area contributed by atoms with E-state index in [1.807, 2.05) is 6.92 Å². The van der Waals surface area contributed by atoms with Crippen LogP contribution in [0.1, 0.15) is 70.0 Å². The van der Waals surface area contributed by atoms with Gasteiger partial charge < -0.3 is 15.4 Å². The van der Waals surface area contributed by atoms with Gasteiger partial charge in [0.05, 0.1) is 16.8 Å². The Hall–Kier alpha value is -3.15. The van der Waals surface area contributed by atoms with Crippen molar-refractivity contribution in [1.29, 1.82) is 0 Å². The van der Waals surface area contributed by atoms with Crippen LogP contribution in [0.15, 0.2) is 35.5 Å². The molecule has 0 heterocycles. The van der Waals surface area contributed by atoms with E-state index in [1.54, 1.807) is 12.1 Å². The molecule has 0 saturated heterocycles. The third-order valence-electron chi connectivity index (χ3n) is 4.60. The Kier molecular flexibility index (Phi) is 4.75. The van der Waals surface area contributed by atoms with E-state index in [1.165, 1.54) is 18.2 Å². The minimum absolute atomic E-state index is 0.0559. The number of benzene rings is 2. The number of carbonyl (C=O) groups is 2. The van der Waals surface area contributed by atoms with E-state index in [4.69, 9.17) is 0 Å². The van der Waals surface area contributed by atoms with Crippen molar-refractivity contribution < 1.29 is 25.0 Å². The molecule has 3 N–H and O–H groups in total. The van der Waals surface area contributed by atoms with Crippen LogP contribution in [0.3, 0.4) is 0 Å². The lowest BCUT2D eigenvalue weighted by molar-refractivity contribution is 0.0974. The van der Waals surface area contributed by atoms with Gasteiger partial charge in [-0.05, 0) is 18.9 Å². The summed E-state index contributed by atoms with van der Waals surface area (Å²) in [5.74, 6) is -1.94. The summed E-state index contributed by atoms with van der Waals surface area (Å²) in [4.78, 5) is 25.5. The zero-order chi connectivity index (χ0) is 18.8. The van der Waals surface area contributed by atoms with Crippen molar-refractivity contribution in [2.45, 2.75) is 32.6 Å². The average molecular weight is 353 g/mol. The van der Waals surface area contributed by atoms with E-state index < -0.39 is 23.1 Å². The Balaban J connectivity index is 2.16. The minimum atomic E-state index is -0.546. The molecule has 0 aliphatic heterocycles. The zero-order valence-electron chi connectivity index (χ0n) is 14.3. The van der Waals surface area contributed by atoms with E-state index in [0.717, 1.165) is 19.3 Å². The van der Waals surface area contributed by atoms with Crippen LogP contribution in [0.5, 0.6) is 11.5 Å². The molecular formula is C20H19NO5. The van der Waals surface area contributed by atoms with Crippen LogP contribution >= 0.6 is 0 Å². The number of nitrogens with zero attached hydrogens (tertiary/aromatic N) is 1. The summed E-state index contributed by atoms with van der Waals surface area (Å²) >= 11 is 0. The lowest BCUT2D eigenvalue weighted by Gasteiger charge is -2.21. The molecule has 0 fully saturated rings. The number of ketones is 2. The number of hydrogen-bond donors (Lipinski definition) is 3. The first-order chi connectivity index (χ1) is 12.5. The van der Waals surface area contributed by atoms with Gasteiger partial charge in [0, 0.05) is 16.7 Å². The summed E-state index contributed by atoms with van der Waals surface area (Å²) in [6.45, 7) is 2.03. The van der Waals surface area contributed by atoms with Crippen molar-refractivity contribution in [3.63, 3.8) is 0 Å². The van der Waals surface area contributed by atoms with Gasteiger partial charge >= 0.3 is 0 Å². The van der Waals surface area contributed by atoms with Gasteiger partial charge in [-0.2, -0.15) is 0 Å². The maximum absolute atomic E-state index is 12.8. The first kappa shape index (κ1) is 17.7. The smallest absolute Gasteiger partial charge is 0.198 e. The molecule has 2 aromatic rings. The molecule has 0 atom stereocenters. The second-order valence-corrected chi connectivity index (χ2v) is 6.25. The summed E-state index contributed by atoms with van der Waals surface area (Å²) in [5, 5.41) is 33.6. The number of carbonyl (C=O) groups excluding carboxylic acids is 2.